The molecule has 0 unspecified atom stereocenters. The molecule has 142 valence electrons. The Morgan fingerprint density at radius 1 is 1.33 bits per heavy atom. The van der Waals surface area contributed by atoms with Crippen LogP contribution in [0.15, 0.2) is 48.9 Å². The number of hydrogen-bond donors (Lipinski definition) is 2. The zero-order chi connectivity index (χ0) is 19.4. The van der Waals surface area contributed by atoms with Crippen LogP contribution in [0.5, 0.6) is 0 Å². The number of nitrogens with zero attached hydrogens (tertiary/aromatic N) is 3. The molecule has 0 bridgehead atoms. The van der Waals surface area contributed by atoms with E-state index in [9.17, 15) is 9.90 Å². The summed E-state index contributed by atoms with van der Waals surface area (Å²) in [7, 11) is 0. The average molecular weight is 366 g/mol. The molecule has 6 nitrogen and oxygen atoms in total. The maximum absolute atomic E-state index is 12.7. The van der Waals surface area contributed by atoms with Crippen LogP contribution in [0.1, 0.15) is 61.3 Å². The van der Waals surface area contributed by atoms with E-state index in [1.165, 1.54) is 0 Å². The average Bonchev–Trinajstić information content (AvgIpc) is 3.08. The molecule has 3 aromatic rings. The molecular formula is C21H26N4O2. The van der Waals surface area contributed by atoms with Gasteiger partial charge in [-0.3, -0.25) is 9.20 Å². The zero-order valence-electron chi connectivity index (χ0n) is 16.0. The fourth-order valence-corrected chi connectivity index (χ4v) is 2.96. The second-order valence-corrected chi connectivity index (χ2v) is 7.44. The van der Waals surface area contributed by atoms with Gasteiger partial charge in [0.25, 0.3) is 5.91 Å². The first kappa shape index (κ1) is 19.0. The number of hydrogen-bond acceptors (Lipinski definition) is 4. The number of amides is 1. The molecule has 2 aromatic heterocycles. The lowest BCUT2D eigenvalue weighted by atomic mass is 9.97. The molecule has 27 heavy (non-hydrogen) atoms. The number of carbonyl (C=O) groups is 1. The lowest BCUT2D eigenvalue weighted by molar-refractivity contribution is 0.0714. The Balaban J connectivity index is 1.73. The van der Waals surface area contributed by atoms with Crippen molar-refractivity contribution in [1.29, 1.82) is 0 Å². The van der Waals surface area contributed by atoms with Crippen LogP contribution in [0.25, 0.3) is 5.78 Å². The Labute approximate surface area is 159 Å². The van der Waals surface area contributed by atoms with E-state index in [4.69, 9.17) is 0 Å². The van der Waals surface area contributed by atoms with Crippen molar-refractivity contribution in [2.45, 2.75) is 51.7 Å². The van der Waals surface area contributed by atoms with Gasteiger partial charge in [0, 0.05) is 24.2 Å². The van der Waals surface area contributed by atoms with Crippen LogP contribution in [0.3, 0.4) is 0 Å². The van der Waals surface area contributed by atoms with Crippen LogP contribution in [0, 0.1) is 0 Å². The molecular weight excluding hydrogens is 340 g/mol. The van der Waals surface area contributed by atoms with Crippen LogP contribution in [0.2, 0.25) is 0 Å². The van der Waals surface area contributed by atoms with Crippen molar-refractivity contribution in [2.24, 2.45) is 0 Å². The van der Waals surface area contributed by atoms with E-state index in [0.29, 0.717) is 17.8 Å². The Morgan fingerprint density at radius 3 is 2.85 bits per heavy atom. The second kappa shape index (κ2) is 7.88. The number of imidazole rings is 1. The van der Waals surface area contributed by atoms with Gasteiger partial charge in [-0.1, -0.05) is 19.1 Å². The molecule has 1 aromatic carbocycles. The summed E-state index contributed by atoms with van der Waals surface area (Å²) >= 11 is 0. The number of carbonyl (C=O) groups excluding carboxylic acids is 1. The predicted octanol–water partition coefficient (Wildman–Crippen LogP) is 3.31. The predicted molar refractivity (Wildman–Crippen MR) is 105 cm³/mol. The van der Waals surface area contributed by atoms with Crippen LogP contribution in [-0.2, 0) is 6.42 Å². The van der Waals surface area contributed by atoms with E-state index in [2.05, 4.69) is 15.3 Å². The van der Waals surface area contributed by atoms with Crippen LogP contribution in [0.4, 0.5) is 0 Å². The number of aryl methyl sites for hydroxylation is 1. The molecule has 0 saturated carbocycles. The Bertz CT molecular complexity index is 894. The smallest absolute Gasteiger partial charge is 0.251 e. The molecule has 2 heterocycles. The molecule has 1 amide bonds. The van der Waals surface area contributed by atoms with Gasteiger partial charge < -0.3 is 10.4 Å². The SMILES string of the molecule is CC[C@@H](NC(=O)c1cccc(CCC(C)(C)O)c1)c1cn2cccnc2n1. The van der Waals surface area contributed by atoms with Gasteiger partial charge in [-0.05, 0) is 56.9 Å². The molecule has 3 rings (SSSR count). The van der Waals surface area contributed by atoms with Gasteiger partial charge in [0.1, 0.15) is 0 Å². The maximum Gasteiger partial charge on any atom is 0.251 e. The highest BCUT2D eigenvalue weighted by Gasteiger charge is 2.18. The van der Waals surface area contributed by atoms with Crippen molar-refractivity contribution in [3.05, 3.63) is 65.7 Å². The molecule has 1 atom stereocenters. The highest BCUT2D eigenvalue weighted by molar-refractivity contribution is 5.94. The lowest BCUT2D eigenvalue weighted by Crippen LogP contribution is -2.28. The van der Waals surface area contributed by atoms with Gasteiger partial charge >= 0.3 is 0 Å². The summed E-state index contributed by atoms with van der Waals surface area (Å²) in [6.07, 6.45) is 7.58. The number of aliphatic hydroxyl groups is 1. The van der Waals surface area contributed by atoms with Gasteiger partial charge in [-0.25, -0.2) is 9.97 Å². The third-order valence-corrected chi connectivity index (χ3v) is 4.54. The summed E-state index contributed by atoms with van der Waals surface area (Å²) in [5.74, 6) is 0.491. The van der Waals surface area contributed by atoms with Crippen molar-refractivity contribution in [1.82, 2.24) is 19.7 Å². The van der Waals surface area contributed by atoms with E-state index >= 15 is 0 Å². The normalized spacial score (nSPS) is 12.9. The first-order valence-electron chi connectivity index (χ1n) is 9.27. The first-order chi connectivity index (χ1) is 12.9. The van der Waals surface area contributed by atoms with Crippen molar-refractivity contribution in [3.8, 4) is 0 Å². The van der Waals surface area contributed by atoms with Gasteiger partial charge in [-0.2, -0.15) is 0 Å². The van der Waals surface area contributed by atoms with Gasteiger partial charge in [0.15, 0.2) is 0 Å². The highest BCUT2D eigenvalue weighted by atomic mass is 16.3. The summed E-state index contributed by atoms with van der Waals surface area (Å²) in [6, 6.07) is 9.22. The quantitative estimate of drug-likeness (QED) is 0.672. The molecule has 0 radical (unpaired) electrons. The van der Waals surface area contributed by atoms with Crippen LogP contribution < -0.4 is 5.32 Å². The number of rotatable bonds is 7. The molecule has 6 heteroatoms. The van der Waals surface area contributed by atoms with Gasteiger partial charge in [0.05, 0.1) is 17.3 Å². The first-order valence-corrected chi connectivity index (χ1v) is 9.27. The number of aromatic nitrogens is 3. The number of benzene rings is 1. The van der Waals surface area contributed by atoms with Crippen molar-refractivity contribution < 1.29 is 9.90 Å². The Hall–Kier alpha value is -2.73. The zero-order valence-corrected chi connectivity index (χ0v) is 16.0. The molecule has 2 N–H and O–H groups in total. The van der Waals surface area contributed by atoms with Gasteiger partial charge in [-0.15, -0.1) is 0 Å². The largest absolute Gasteiger partial charge is 0.390 e. The summed E-state index contributed by atoms with van der Waals surface area (Å²) in [5.41, 5.74) is 1.73. The molecule has 0 spiro atoms. The number of fused-ring (bicyclic) bond motifs is 1. The molecule has 0 aliphatic carbocycles. The van der Waals surface area contributed by atoms with Crippen molar-refractivity contribution in [3.63, 3.8) is 0 Å². The third kappa shape index (κ3) is 4.92. The van der Waals surface area contributed by atoms with Crippen molar-refractivity contribution >= 4 is 11.7 Å². The minimum absolute atomic E-state index is 0.128. The fraction of sp³-hybridized carbons (Fsp3) is 0.381. The van der Waals surface area contributed by atoms with E-state index in [0.717, 1.165) is 24.1 Å². The van der Waals surface area contributed by atoms with E-state index < -0.39 is 5.60 Å². The number of nitrogens with one attached hydrogen (secondary N) is 1. The summed E-state index contributed by atoms with van der Waals surface area (Å²) in [6.45, 7) is 5.60. The van der Waals surface area contributed by atoms with E-state index in [-0.39, 0.29) is 11.9 Å². The minimum Gasteiger partial charge on any atom is -0.390 e. The standard InChI is InChI=1S/C21H26N4O2/c1-4-17(18-14-25-12-6-11-22-20(25)24-18)23-19(26)16-8-5-7-15(13-16)9-10-21(2,3)27/h5-8,11-14,17,27H,4,9-10H2,1-3H3,(H,23,26)/t17-/m1/s1. The topological polar surface area (TPSA) is 79.5 Å². The Kier molecular flexibility index (Phi) is 5.56. The highest BCUT2D eigenvalue weighted by Crippen LogP contribution is 2.18. The maximum atomic E-state index is 12.7. The fourth-order valence-electron chi connectivity index (χ4n) is 2.96. The van der Waals surface area contributed by atoms with Crippen molar-refractivity contribution in [2.75, 3.05) is 0 Å². The van der Waals surface area contributed by atoms with Crippen LogP contribution in [-0.4, -0.2) is 31.0 Å². The summed E-state index contributed by atoms with van der Waals surface area (Å²) in [4.78, 5) is 21.5. The molecule has 0 fully saturated rings. The molecule has 0 saturated heterocycles. The summed E-state index contributed by atoms with van der Waals surface area (Å²) < 4.78 is 1.85. The monoisotopic (exact) mass is 366 g/mol. The molecule has 0 aliphatic heterocycles. The van der Waals surface area contributed by atoms with Gasteiger partial charge in [0.2, 0.25) is 5.78 Å². The Morgan fingerprint density at radius 2 is 2.15 bits per heavy atom. The lowest BCUT2D eigenvalue weighted by Gasteiger charge is -2.17. The third-order valence-electron chi connectivity index (χ3n) is 4.54. The van der Waals surface area contributed by atoms with Crippen LogP contribution >= 0.6 is 0 Å². The molecule has 0 aliphatic rings. The van der Waals surface area contributed by atoms with E-state index in [1.807, 2.05) is 48.0 Å². The summed E-state index contributed by atoms with van der Waals surface area (Å²) in [5, 5.41) is 13.0. The second-order valence-electron chi connectivity index (χ2n) is 7.44. The minimum atomic E-state index is -0.720. The van der Waals surface area contributed by atoms with E-state index in [1.54, 1.807) is 26.1 Å².